The lowest BCUT2D eigenvalue weighted by Crippen LogP contribution is -2.27. The van der Waals surface area contributed by atoms with Gasteiger partial charge in [-0.05, 0) is 36.4 Å². The van der Waals surface area contributed by atoms with Crippen LogP contribution < -0.4 is 16.2 Å². The highest BCUT2D eigenvalue weighted by Gasteiger charge is 2.14. The Bertz CT molecular complexity index is 1360. The van der Waals surface area contributed by atoms with Crippen molar-refractivity contribution >= 4 is 45.8 Å². The number of carbonyl (C=O) groups excluding carboxylic acids is 2. The van der Waals surface area contributed by atoms with Crippen LogP contribution in [0.2, 0.25) is 5.02 Å². The third-order valence-corrected chi connectivity index (χ3v) is 4.62. The van der Waals surface area contributed by atoms with Crippen molar-refractivity contribution < 1.29 is 9.59 Å². The van der Waals surface area contributed by atoms with Crippen LogP contribution in [0, 0.1) is 0 Å². The molecular formula is C21H17ClN6O3. The lowest BCUT2D eigenvalue weighted by molar-refractivity contribution is -0.117. The van der Waals surface area contributed by atoms with Gasteiger partial charge in [-0.15, -0.1) is 0 Å². The number of carbonyl (C=O) groups is 2. The fourth-order valence-corrected chi connectivity index (χ4v) is 3.28. The van der Waals surface area contributed by atoms with Gasteiger partial charge < -0.3 is 10.6 Å². The van der Waals surface area contributed by atoms with Gasteiger partial charge in [0.1, 0.15) is 18.3 Å². The molecule has 0 aliphatic carbocycles. The van der Waals surface area contributed by atoms with Crippen LogP contribution in [0.3, 0.4) is 0 Å². The van der Waals surface area contributed by atoms with Gasteiger partial charge >= 0.3 is 0 Å². The highest BCUT2D eigenvalue weighted by atomic mass is 35.5. The van der Waals surface area contributed by atoms with E-state index in [9.17, 15) is 14.4 Å². The highest BCUT2D eigenvalue weighted by molar-refractivity contribution is 6.30. The van der Waals surface area contributed by atoms with Gasteiger partial charge in [0.05, 0.1) is 11.9 Å². The van der Waals surface area contributed by atoms with E-state index in [0.29, 0.717) is 27.7 Å². The highest BCUT2D eigenvalue weighted by Crippen LogP contribution is 2.18. The van der Waals surface area contributed by atoms with Crippen LogP contribution in [-0.4, -0.2) is 31.1 Å². The SMILES string of the molecule is CC(=O)Nc1cccc(NC(=O)Cn2cnc3c(cnn3-c3cccc(Cl)c3)c2=O)c1. The van der Waals surface area contributed by atoms with Gasteiger partial charge in [-0.25, -0.2) is 9.67 Å². The quantitative estimate of drug-likeness (QED) is 0.499. The second-order valence-corrected chi connectivity index (χ2v) is 7.20. The first-order valence-electron chi connectivity index (χ1n) is 9.27. The first-order valence-corrected chi connectivity index (χ1v) is 9.65. The van der Waals surface area contributed by atoms with Crippen LogP contribution in [0.4, 0.5) is 11.4 Å². The van der Waals surface area contributed by atoms with Crippen molar-refractivity contribution in [3.63, 3.8) is 0 Å². The minimum Gasteiger partial charge on any atom is -0.326 e. The molecule has 2 aromatic carbocycles. The molecule has 10 heteroatoms. The largest absolute Gasteiger partial charge is 0.326 e. The second kappa shape index (κ2) is 8.41. The molecule has 156 valence electrons. The molecule has 9 nitrogen and oxygen atoms in total. The number of anilines is 2. The molecule has 0 fully saturated rings. The van der Waals surface area contributed by atoms with E-state index in [0.717, 1.165) is 0 Å². The van der Waals surface area contributed by atoms with Crippen molar-refractivity contribution in [2.75, 3.05) is 10.6 Å². The van der Waals surface area contributed by atoms with Crippen molar-refractivity contribution in [2.24, 2.45) is 0 Å². The first-order chi connectivity index (χ1) is 14.9. The van der Waals surface area contributed by atoms with Crippen LogP contribution in [-0.2, 0) is 16.1 Å². The van der Waals surface area contributed by atoms with Gasteiger partial charge in [0.25, 0.3) is 5.56 Å². The molecular weight excluding hydrogens is 420 g/mol. The maximum Gasteiger partial charge on any atom is 0.264 e. The maximum atomic E-state index is 12.8. The van der Waals surface area contributed by atoms with Gasteiger partial charge in [-0.3, -0.25) is 19.0 Å². The Morgan fingerprint density at radius 2 is 1.81 bits per heavy atom. The summed E-state index contributed by atoms with van der Waals surface area (Å²) in [7, 11) is 0. The number of fused-ring (bicyclic) bond motifs is 1. The molecule has 0 atom stereocenters. The number of benzene rings is 2. The Labute approximate surface area is 181 Å². The zero-order chi connectivity index (χ0) is 22.0. The summed E-state index contributed by atoms with van der Waals surface area (Å²) in [6.45, 7) is 1.17. The van der Waals surface area contributed by atoms with Crippen LogP contribution >= 0.6 is 11.6 Å². The summed E-state index contributed by atoms with van der Waals surface area (Å²) in [5.41, 5.74) is 1.70. The van der Waals surface area contributed by atoms with Crippen LogP contribution in [0.15, 0.2) is 65.8 Å². The van der Waals surface area contributed by atoms with Crippen LogP contribution in [0.5, 0.6) is 0 Å². The number of nitrogens with zero attached hydrogens (tertiary/aromatic N) is 4. The molecule has 0 saturated carbocycles. The van der Waals surface area contributed by atoms with E-state index in [1.54, 1.807) is 48.5 Å². The van der Waals surface area contributed by atoms with Crippen molar-refractivity contribution in [1.29, 1.82) is 0 Å². The molecule has 31 heavy (non-hydrogen) atoms. The summed E-state index contributed by atoms with van der Waals surface area (Å²) in [6, 6.07) is 13.7. The number of amides is 2. The van der Waals surface area contributed by atoms with Crippen molar-refractivity contribution in [2.45, 2.75) is 13.5 Å². The smallest absolute Gasteiger partial charge is 0.264 e. The number of rotatable bonds is 5. The predicted molar refractivity (Wildman–Crippen MR) is 118 cm³/mol. The summed E-state index contributed by atoms with van der Waals surface area (Å²) < 4.78 is 2.72. The average Bonchev–Trinajstić information content (AvgIpc) is 3.15. The molecule has 2 N–H and O–H groups in total. The summed E-state index contributed by atoms with van der Waals surface area (Å²) in [5.74, 6) is -0.627. The summed E-state index contributed by atoms with van der Waals surface area (Å²) in [6.07, 6.45) is 2.72. The lowest BCUT2D eigenvalue weighted by Gasteiger charge is -2.09. The Morgan fingerprint density at radius 3 is 2.55 bits per heavy atom. The maximum absolute atomic E-state index is 12.8. The Kier molecular flexibility index (Phi) is 5.50. The second-order valence-electron chi connectivity index (χ2n) is 6.76. The third-order valence-electron chi connectivity index (χ3n) is 4.39. The van der Waals surface area contributed by atoms with E-state index in [-0.39, 0.29) is 23.4 Å². The molecule has 4 rings (SSSR count). The summed E-state index contributed by atoms with van der Waals surface area (Å²) in [5, 5.41) is 10.4. The topological polar surface area (TPSA) is 111 Å². The van der Waals surface area contributed by atoms with Gasteiger partial charge in [-0.1, -0.05) is 23.7 Å². The van der Waals surface area contributed by atoms with E-state index >= 15 is 0 Å². The molecule has 0 aliphatic heterocycles. The molecule has 2 amide bonds. The Hall–Kier alpha value is -3.98. The number of halogens is 1. The van der Waals surface area contributed by atoms with Crippen molar-refractivity contribution in [3.05, 3.63) is 76.4 Å². The minimum atomic E-state index is -0.412. The molecule has 0 bridgehead atoms. The zero-order valence-corrected chi connectivity index (χ0v) is 17.1. The minimum absolute atomic E-state index is 0.215. The lowest BCUT2D eigenvalue weighted by atomic mass is 10.2. The van der Waals surface area contributed by atoms with Crippen LogP contribution in [0.25, 0.3) is 16.7 Å². The van der Waals surface area contributed by atoms with Crippen LogP contribution in [0.1, 0.15) is 6.92 Å². The average molecular weight is 437 g/mol. The molecule has 0 saturated heterocycles. The first kappa shape index (κ1) is 20.3. The monoisotopic (exact) mass is 436 g/mol. The molecule has 0 spiro atoms. The molecule has 0 aliphatic rings. The predicted octanol–water partition coefficient (Wildman–Crippen LogP) is 2.83. The fourth-order valence-electron chi connectivity index (χ4n) is 3.09. The summed E-state index contributed by atoms with van der Waals surface area (Å²) in [4.78, 5) is 40.8. The molecule has 0 unspecified atom stereocenters. The third kappa shape index (κ3) is 4.46. The van der Waals surface area contributed by atoms with Gasteiger partial charge in [-0.2, -0.15) is 5.10 Å². The van der Waals surface area contributed by atoms with E-state index in [1.165, 1.54) is 28.7 Å². The van der Waals surface area contributed by atoms with Gasteiger partial charge in [0.15, 0.2) is 5.65 Å². The van der Waals surface area contributed by atoms with E-state index < -0.39 is 5.91 Å². The van der Waals surface area contributed by atoms with Crippen molar-refractivity contribution in [3.8, 4) is 5.69 Å². The fraction of sp³-hybridized carbons (Fsp3) is 0.0952. The number of hydrogen-bond donors (Lipinski definition) is 2. The number of hydrogen-bond acceptors (Lipinski definition) is 5. The number of nitrogens with one attached hydrogen (secondary N) is 2. The van der Waals surface area contributed by atoms with E-state index in [4.69, 9.17) is 11.6 Å². The normalized spacial score (nSPS) is 10.8. The van der Waals surface area contributed by atoms with Crippen molar-refractivity contribution in [1.82, 2.24) is 19.3 Å². The molecule has 2 heterocycles. The standard InChI is InChI=1S/C21H17ClN6O3/c1-13(29)25-15-5-3-6-16(9-15)26-19(30)11-27-12-23-20-18(21(27)31)10-24-28(20)17-7-2-4-14(22)8-17/h2-10,12H,11H2,1H3,(H,25,29)(H,26,30). The van der Waals surface area contributed by atoms with Gasteiger partial charge in [0, 0.05) is 23.3 Å². The Balaban J connectivity index is 1.55. The van der Waals surface area contributed by atoms with E-state index in [1.807, 2.05) is 0 Å². The van der Waals surface area contributed by atoms with Gasteiger partial charge in [0.2, 0.25) is 11.8 Å². The molecule has 0 radical (unpaired) electrons. The molecule has 4 aromatic rings. The number of aromatic nitrogens is 4. The summed E-state index contributed by atoms with van der Waals surface area (Å²) >= 11 is 6.04. The van der Waals surface area contributed by atoms with E-state index in [2.05, 4.69) is 20.7 Å². The molecule has 2 aromatic heterocycles. The zero-order valence-electron chi connectivity index (χ0n) is 16.4. The Morgan fingerprint density at radius 1 is 1.06 bits per heavy atom.